The van der Waals surface area contributed by atoms with Crippen molar-refractivity contribution in [2.75, 3.05) is 6.79 Å². The third-order valence-corrected chi connectivity index (χ3v) is 5.29. The molecule has 1 amide bonds. The number of hydrogen-bond donors (Lipinski definition) is 1. The second-order valence-corrected chi connectivity index (χ2v) is 7.15. The van der Waals surface area contributed by atoms with E-state index in [0.717, 1.165) is 31.2 Å². The first kappa shape index (κ1) is 18.3. The number of rotatable bonds is 5. The van der Waals surface area contributed by atoms with Gasteiger partial charge in [0, 0.05) is 18.8 Å². The van der Waals surface area contributed by atoms with Gasteiger partial charge in [0.05, 0.1) is 5.56 Å². The minimum absolute atomic E-state index is 0.0602. The quantitative estimate of drug-likeness (QED) is 0.852. The van der Waals surface area contributed by atoms with E-state index in [-0.39, 0.29) is 30.0 Å². The van der Waals surface area contributed by atoms with Gasteiger partial charge in [0.1, 0.15) is 5.69 Å². The molecular formula is C21H22N2O5. The molecule has 0 bridgehead atoms. The Morgan fingerprint density at radius 2 is 1.86 bits per heavy atom. The monoisotopic (exact) mass is 382 g/mol. The standard InChI is InChI=1S/C21H22N2O5/c24-20(17-11-15(21(25)26)8-9-22-17)23(16-4-2-1-3-5-16)12-14-6-7-18-19(10-14)28-13-27-18/h6-11,16H,1-5,12-13H2,(H,25,26). The van der Waals surface area contributed by atoms with Crippen molar-refractivity contribution in [1.82, 2.24) is 9.88 Å². The number of carboxylic acids is 1. The Hall–Kier alpha value is -3.09. The highest BCUT2D eigenvalue weighted by Gasteiger charge is 2.28. The number of carbonyl (C=O) groups excluding carboxylic acids is 1. The molecular weight excluding hydrogens is 360 g/mol. The lowest BCUT2D eigenvalue weighted by atomic mass is 9.93. The molecule has 1 N–H and O–H groups in total. The van der Waals surface area contributed by atoms with E-state index in [0.29, 0.717) is 18.0 Å². The Kier molecular flexibility index (Phi) is 5.14. The van der Waals surface area contributed by atoms with Crippen molar-refractivity contribution < 1.29 is 24.2 Å². The third-order valence-electron chi connectivity index (χ3n) is 5.29. The van der Waals surface area contributed by atoms with Crippen LogP contribution in [0, 0.1) is 0 Å². The smallest absolute Gasteiger partial charge is 0.335 e. The highest BCUT2D eigenvalue weighted by atomic mass is 16.7. The van der Waals surface area contributed by atoms with Crippen LogP contribution in [0.1, 0.15) is 58.5 Å². The van der Waals surface area contributed by atoms with Crippen LogP contribution < -0.4 is 9.47 Å². The molecule has 0 atom stereocenters. The zero-order valence-corrected chi connectivity index (χ0v) is 15.5. The van der Waals surface area contributed by atoms with E-state index < -0.39 is 5.97 Å². The molecule has 0 unspecified atom stereocenters. The van der Waals surface area contributed by atoms with Crippen molar-refractivity contribution in [1.29, 1.82) is 0 Å². The van der Waals surface area contributed by atoms with Crippen LogP contribution in [0.4, 0.5) is 0 Å². The highest BCUT2D eigenvalue weighted by molar-refractivity contribution is 5.96. The van der Waals surface area contributed by atoms with Crippen molar-refractivity contribution >= 4 is 11.9 Å². The lowest BCUT2D eigenvalue weighted by Gasteiger charge is -2.34. The first-order valence-electron chi connectivity index (χ1n) is 9.50. The molecule has 1 saturated carbocycles. The fraction of sp³-hybridized carbons (Fsp3) is 0.381. The number of carbonyl (C=O) groups is 2. The van der Waals surface area contributed by atoms with Crippen LogP contribution in [0.5, 0.6) is 11.5 Å². The summed E-state index contributed by atoms with van der Waals surface area (Å²) in [7, 11) is 0. The lowest BCUT2D eigenvalue weighted by molar-refractivity contribution is 0.0608. The van der Waals surface area contributed by atoms with Crippen LogP contribution in [-0.2, 0) is 6.54 Å². The highest BCUT2D eigenvalue weighted by Crippen LogP contribution is 2.34. The van der Waals surface area contributed by atoms with Gasteiger partial charge in [-0.25, -0.2) is 4.79 Å². The van der Waals surface area contributed by atoms with Crippen molar-refractivity contribution in [3.05, 3.63) is 53.3 Å². The van der Waals surface area contributed by atoms with Crippen LogP contribution >= 0.6 is 0 Å². The summed E-state index contributed by atoms with van der Waals surface area (Å²) in [6, 6.07) is 8.53. The summed E-state index contributed by atoms with van der Waals surface area (Å²) >= 11 is 0. The molecule has 7 nitrogen and oxygen atoms in total. The molecule has 28 heavy (non-hydrogen) atoms. The van der Waals surface area contributed by atoms with E-state index in [9.17, 15) is 14.7 Å². The number of hydrogen-bond acceptors (Lipinski definition) is 5. The van der Waals surface area contributed by atoms with Gasteiger partial charge in [-0.15, -0.1) is 0 Å². The van der Waals surface area contributed by atoms with E-state index in [1.165, 1.54) is 24.8 Å². The second kappa shape index (κ2) is 7.88. The van der Waals surface area contributed by atoms with Gasteiger partial charge < -0.3 is 19.5 Å². The maximum atomic E-state index is 13.3. The molecule has 7 heteroatoms. The molecule has 2 heterocycles. The third kappa shape index (κ3) is 3.78. The first-order chi connectivity index (χ1) is 13.6. The molecule has 0 spiro atoms. The molecule has 4 rings (SSSR count). The Labute approximate surface area is 162 Å². The van der Waals surface area contributed by atoms with Gasteiger partial charge in [-0.2, -0.15) is 0 Å². The summed E-state index contributed by atoms with van der Waals surface area (Å²) in [6.45, 7) is 0.620. The maximum Gasteiger partial charge on any atom is 0.335 e. The van der Waals surface area contributed by atoms with Crippen molar-refractivity contribution in [2.45, 2.75) is 44.7 Å². The molecule has 1 aliphatic heterocycles. The van der Waals surface area contributed by atoms with E-state index in [2.05, 4.69) is 4.98 Å². The predicted molar refractivity (Wildman–Crippen MR) is 101 cm³/mol. The van der Waals surface area contributed by atoms with Crippen LogP contribution in [0.3, 0.4) is 0 Å². The number of fused-ring (bicyclic) bond motifs is 1. The van der Waals surface area contributed by atoms with Crippen molar-refractivity contribution in [3.8, 4) is 11.5 Å². The summed E-state index contributed by atoms with van der Waals surface area (Å²) in [5.41, 5.74) is 1.16. The normalized spacial score (nSPS) is 16.0. The zero-order valence-electron chi connectivity index (χ0n) is 15.5. The Morgan fingerprint density at radius 1 is 1.07 bits per heavy atom. The minimum Gasteiger partial charge on any atom is -0.478 e. The average Bonchev–Trinajstić information content (AvgIpc) is 3.20. The number of amides is 1. The second-order valence-electron chi connectivity index (χ2n) is 7.15. The summed E-state index contributed by atoms with van der Waals surface area (Å²) in [4.78, 5) is 30.5. The van der Waals surface area contributed by atoms with E-state index >= 15 is 0 Å². The van der Waals surface area contributed by atoms with Gasteiger partial charge in [-0.3, -0.25) is 9.78 Å². The van der Waals surface area contributed by atoms with E-state index in [1.807, 2.05) is 23.1 Å². The summed E-state index contributed by atoms with van der Waals surface area (Å²) in [6.07, 6.45) is 6.59. The summed E-state index contributed by atoms with van der Waals surface area (Å²) in [5.74, 6) is 0.0683. The molecule has 0 radical (unpaired) electrons. The number of nitrogens with zero attached hydrogens (tertiary/aromatic N) is 2. The zero-order chi connectivity index (χ0) is 19.5. The fourth-order valence-electron chi connectivity index (χ4n) is 3.82. The van der Waals surface area contributed by atoms with Gasteiger partial charge in [-0.05, 0) is 42.7 Å². The molecule has 1 aromatic heterocycles. The SMILES string of the molecule is O=C(O)c1ccnc(C(=O)N(Cc2ccc3c(c2)OCO3)C2CCCCC2)c1. The number of benzene rings is 1. The lowest BCUT2D eigenvalue weighted by Crippen LogP contribution is -2.41. The number of aromatic carboxylic acids is 1. The van der Waals surface area contributed by atoms with Gasteiger partial charge in [0.2, 0.25) is 6.79 Å². The molecule has 1 aliphatic carbocycles. The van der Waals surface area contributed by atoms with Crippen LogP contribution in [0.15, 0.2) is 36.5 Å². The average molecular weight is 382 g/mol. The van der Waals surface area contributed by atoms with E-state index in [1.54, 1.807) is 0 Å². The van der Waals surface area contributed by atoms with Gasteiger partial charge in [0.25, 0.3) is 5.91 Å². The molecule has 0 saturated heterocycles. The number of aromatic nitrogens is 1. The van der Waals surface area contributed by atoms with Crippen LogP contribution in [0.2, 0.25) is 0 Å². The largest absolute Gasteiger partial charge is 0.478 e. The first-order valence-corrected chi connectivity index (χ1v) is 9.50. The number of carboxylic acid groups (broad SMARTS) is 1. The van der Waals surface area contributed by atoms with Crippen LogP contribution in [-0.4, -0.2) is 39.7 Å². The van der Waals surface area contributed by atoms with Gasteiger partial charge >= 0.3 is 5.97 Å². The predicted octanol–water partition coefficient (Wildman–Crippen LogP) is 3.48. The molecule has 2 aliphatic rings. The molecule has 1 fully saturated rings. The van der Waals surface area contributed by atoms with Crippen molar-refractivity contribution in [3.63, 3.8) is 0 Å². The van der Waals surface area contributed by atoms with E-state index in [4.69, 9.17) is 9.47 Å². The Balaban J connectivity index is 1.62. The van der Waals surface area contributed by atoms with Crippen LogP contribution in [0.25, 0.3) is 0 Å². The Bertz CT molecular complexity index is 892. The number of ether oxygens (including phenoxy) is 2. The molecule has 146 valence electrons. The number of pyridine rings is 1. The summed E-state index contributed by atoms with van der Waals surface area (Å²) < 4.78 is 10.8. The topological polar surface area (TPSA) is 89.0 Å². The Morgan fingerprint density at radius 3 is 2.64 bits per heavy atom. The maximum absolute atomic E-state index is 13.3. The van der Waals surface area contributed by atoms with Gasteiger partial charge in [0.15, 0.2) is 11.5 Å². The fourth-order valence-corrected chi connectivity index (χ4v) is 3.82. The molecule has 2 aromatic rings. The minimum atomic E-state index is -1.07. The summed E-state index contributed by atoms with van der Waals surface area (Å²) in [5, 5.41) is 9.22. The van der Waals surface area contributed by atoms with Gasteiger partial charge in [-0.1, -0.05) is 25.3 Å². The molecule has 1 aromatic carbocycles. The van der Waals surface area contributed by atoms with Crippen molar-refractivity contribution in [2.24, 2.45) is 0 Å².